The fourth-order valence-corrected chi connectivity index (χ4v) is 9.94. The van der Waals surface area contributed by atoms with Gasteiger partial charge in [-0.05, 0) is 20.8 Å². The van der Waals surface area contributed by atoms with E-state index in [1.54, 1.807) is 24.2 Å². The number of guanidine groups is 1. The molecule has 0 bridgehead atoms. The Bertz CT molecular complexity index is 2560. The number of hydrogen-bond acceptors (Lipinski definition) is 22. The van der Waals surface area contributed by atoms with Crippen molar-refractivity contribution in [1.29, 1.82) is 0 Å². The maximum absolute atomic E-state index is 13.9. The van der Waals surface area contributed by atoms with Gasteiger partial charge in [-0.2, -0.15) is 26.3 Å². The first-order valence-corrected chi connectivity index (χ1v) is 24.1. The number of aliphatic hydroxyl groups is 1. The quantitative estimate of drug-likeness (QED) is 0.125. The smallest absolute Gasteiger partial charge is 0.384 e. The van der Waals surface area contributed by atoms with Crippen molar-refractivity contribution in [2.24, 2.45) is 4.99 Å². The Kier molecular flexibility index (Phi) is 15.2. The Morgan fingerprint density at radius 1 is 0.781 bits per heavy atom. The van der Waals surface area contributed by atoms with Gasteiger partial charge in [-0.1, -0.05) is 0 Å². The lowest BCUT2D eigenvalue weighted by atomic mass is 10.0. The summed E-state index contributed by atoms with van der Waals surface area (Å²) in [4.78, 5) is 57.9. The van der Waals surface area contributed by atoms with E-state index in [2.05, 4.69) is 55.7 Å². The van der Waals surface area contributed by atoms with Crippen molar-refractivity contribution in [2.75, 3.05) is 120 Å². The molecule has 398 valence electrons. The molecule has 1 amide bonds. The maximum atomic E-state index is 13.9. The van der Waals surface area contributed by atoms with Crippen molar-refractivity contribution in [3.05, 3.63) is 30.4 Å². The lowest BCUT2D eigenvalue weighted by Gasteiger charge is -2.47. The van der Waals surface area contributed by atoms with E-state index in [1.165, 1.54) is 29.1 Å². The Balaban J connectivity index is 0.000000181. The third kappa shape index (κ3) is 11.8. The average molecular weight is 1040 g/mol. The number of fused-ring (bicyclic) bond motifs is 2. The molecule has 10 heterocycles. The number of anilines is 4. The number of morpholine rings is 2. The summed E-state index contributed by atoms with van der Waals surface area (Å²) >= 11 is 0. The minimum absolute atomic E-state index is 0.0146. The number of nitrogen functional groups attached to an aromatic ring is 2. The molecule has 4 unspecified atom stereocenters. The van der Waals surface area contributed by atoms with Gasteiger partial charge in [-0.15, -0.1) is 0 Å². The minimum atomic E-state index is -4.56. The number of aliphatic imine (C=N–C) groups is 1. The molecule has 0 radical (unpaired) electrons. The van der Waals surface area contributed by atoms with Gasteiger partial charge in [0, 0.05) is 108 Å². The maximum Gasteiger partial charge on any atom is 0.406 e. The number of halogens is 6. The molecule has 0 saturated carbocycles. The lowest BCUT2D eigenvalue weighted by Crippen LogP contribution is -2.70. The van der Waals surface area contributed by atoms with E-state index in [0.29, 0.717) is 95.1 Å². The van der Waals surface area contributed by atoms with Crippen molar-refractivity contribution < 1.29 is 45.7 Å². The molecule has 73 heavy (non-hydrogen) atoms. The summed E-state index contributed by atoms with van der Waals surface area (Å²) in [6.07, 6.45) is -5.51. The highest BCUT2D eigenvalue weighted by atomic mass is 19.4. The third-order valence-electron chi connectivity index (χ3n) is 13.3. The Labute approximate surface area is 415 Å². The van der Waals surface area contributed by atoms with Crippen LogP contribution in [0.4, 0.5) is 50.0 Å². The van der Waals surface area contributed by atoms with E-state index in [0.717, 1.165) is 4.57 Å². The first-order valence-electron chi connectivity index (χ1n) is 24.1. The predicted molar refractivity (Wildman–Crippen MR) is 253 cm³/mol. The molecule has 4 aromatic rings. The number of alkyl halides is 6. The van der Waals surface area contributed by atoms with Gasteiger partial charge >= 0.3 is 12.4 Å². The van der Waals surface area contributed by atoms with Crippen LogP contribution in [0.5, 0.6) is 0 Å². The highest BCUT2D eigenvalue weighted by molar-refractivity contribution is 5.88. The van der Waals surface area contributed by atoms with Crippen molar-refractivity contribution in [2.45, 2.75) is 82.4 Å². The molecule has 10 rings (SSSR count). The summed E-state index contributed by atoms with van der Waals surface area (Å²) in [6, 6.07) is -0.647. The summed E-state index contributed by atoms with van der Waals surface area (Å²) in [5.74, 6) is 0.741. The predicted octanol–water partition coefficient (Wildman–Crippen LogP) is -0.187. The number of nitrogens with zero attached hydrogens (tertiary/aromatic N) is 15. The molecule has 7 atom stereocenters. The van der Waals surface area contributed by atoms with Crippen LogP contribution in [0.15, 0.2) is 29.8 Å². The van der Waals surface area contributed by atoms with Crippen LogP contribution in [0, 0.1) is 0 Å². The number of aromatic nitrogens is 8. The van der Waals surface area contributed by atoms with Crippen LogP contribution in [0.3, 0.4) is 0 Å². The number of carbonyl (C=O) groups excluding carboxylic acids is 1. The topological polar surface area (TPSA) is 271 Å². The van der Waals surface area contributed by atoms with E-state index in [-0.39, 0.29) is 72.7 Å². The van der Waals surface area contributed by atoms with Gasteiger partial charge in [0.1, 0.15) is 31.4 Å². The molecule has 4 aromatic heterocycles. The van der Waals surface area contributed by atoms with Crippen LogP contribution in [0.2, 0.25) is 0 Å². The molecule has 24 nitrogen and oxygen atoms in total. The van der Waals surface area contributed by atoms with Gasteiger partial charge in [-0.3, -0.25) is 24.9 Å². The van der Waals surface area contributed by atoms with Crippen LogP contribution in [0.1, 0.15) is 32.5 Å². The number of amides is 1. The van der Waals surface area contributed by atoms with E-state index < -0.39 is 55.8 Å². The monoisotopic (exact) mass is 1030 g/mol. The number of nitrogens with two attached hydrogens (primary N) is 2. The van der Waals surface area contributed by atoms with Crippen LogP contribution in [-0.4, -0.2) is 223 Å². The van der Waals surface area contributed by atoms with Crippen molar-refractivity contribution in [3.63, 3.8) is 0 Å². The second-order valence-corrected chi connectivity index (χ2v) is 18.7. The highest BCUT2D eigenvalue weighted by Crippen LogP contribution is 2.36. The molecule has 6 aliphatic rings. The zero-order valence-electron chi connectivity index (χ0n) is 40.5. The molecule has 0 aromatic carbocycles. The van der Waals surface area contributed by atoms with Gasteiger partial charge in [0.15, 0.2) is 28.8 Å². The van der Waals surface area contributed by atoms with Crippen LogP contribution in [0.25, 0.3) is 22.6 Å². The summed E-state index contributed by atoms with van der Waals surface area (Å²) in [7, 11) is 0. The third-order valence-corrected chi connectivity index (χ3v) is 13.3. The van der Waals surface area contributed by atoms with E-state index in [4.69, 9.17) is 25.9 Å². The van der Waals surface area contributed by atoms with E-state index in [9.17, 15) is 36.2 Å². The van der Waals surface area contributed by atoms with Crippen molar-refractivity contribution in [3.8, 4) is 11.4 Å². The number of piperazine rings is 2. The largest absolute Gasteiger partial charge is 0.406 e. The second kappa shape index (κ2) is 21.4. The molecule has 8 N–H and O–H groups in total. The molecule has 6 aliphatic heterocycles. The minimum Gasteiger partial charge on any atom is -0.384 e. The fourth-order valence-electron chi connectivity index (χ4n) is 9.94. The molecule has 5 saturated heterocycles. The number of rotatable bonds is 8. The molecule has 0 aliphatic carbocycles. The van der Waals surface area contributed by atoms with Crippen LogP contribution in [-0.2, 0) is 20.8 Å². The number of imidazole rings is 1. The number of hydrogen-bond donors (Lipinski definition) is 6. The first-order chi connectivity index (χ1) is 34.8. The van der Waals surface area contributed by atoms with Crippen molar-refractivity contribution in [1.82, 2.24) is 75.0 Å². The lowest BCUT2D eigenvalue weighted by molar-refractivity contribution is -0.146. The number of aliphatic hydroxyl groups excluding tert-OH is 1. The number of ether oxygens (including phenoxy) is 2. The van der Waals surface area contributed by atoms with Crippen LogP contribution < -0.4 is 37.2 Å². The second-order valence-electron chi connectivity index (χ2n) is 18.7. The molecule has 0 spiro atoms. The molecular formula is C43H60F6N20O4. The standard InChI is InChI=1S/C23H29F3N10O3.C20H31F3N10O/c1-13-11-34(3-4-35(13)20(38)14(2)37)22-30-16-18(33-5-7-39-8-6-33)31-17(15-9-28-21(27)29-10-15)32-19(16)36(22)12-23(24,25)26;1-12-10-32(3-2-25-12)19-28-14-16(31-4-6-34-7-5-31)29-15(13-8-26-18(24)27-9-13)30-17(14)33(19)11-20(21,22)23/h9-10,13-14,37H,3-8,11-12H2,1-2H3,(H2,27,28,29);8-9,12,14-17,25,29-30H,2-7,10-11H2,1H3,(H2,24,26,27)/t13-,14+;12-,14?,15?,16?,17?/m11/s1. The summed E-state index contributed by atoms with van der Waals surface area (Å²) in [6.45, 7) is 9.61. The Hall–Kier alpha value is -6.05. The van der Waals surface area contributed by atoms with Crippen molar-refractivity contribution >= 4 is 46.7 Å². The SMILES string of the molecule is C[C@@H]1CN(C2=NC3C(N4CCOCC4)NC(c4cnc(N)nc4)NC3N2CC(F)(F)F)CCN1.C[C@H](O)C(=O)N1CCN(c2nc3c(N4CCOCC4)nc(-c4cnc(N)nc4)nc3n2CC(F)(F)F)C[C@H]1C. The Morgan fingerprint density at radius 2 is 1.41 bits per heavy atom. The summed E-state index contributed by atoms with van der Waals surface area (Å²) < 4.78 is 95.0. The molecule has 30 heteroatoms. The first kappa shape index (κ1) is 51.8. The van der Waals surface area contributed by atoms with Gasteiger partial charge in [-0.25, -0.2) is 39.9 Å². The van der Waals surface area contributed by atoms with E-state index >= 15 is 0 Å². The summed E-state index contributed by atoms with van der Waals surface area (Å²) in [5, 5.41) is 20.0. The Morgan fingerprint density at radius 3 is 2.03 bits per heavy atom. The van der Waals surface area contributed by atoms with Gasteiger partial charge in [0.25, 0.3) is 5.91 Å². The zero-order chi connectivity index (χ0) is 51.8. The van der Waals surface area contributed by atoms with Gasteiger partial charge < -0.3 is 55.9 Å². The van der Waals surface area contributed by atoms with Gasteiger partial charge in [0.05, 0.1) is 44.3 Å². The van der Waals surface area contributed by atoms with Crippen LogP contribution >= 0.6 is 0 Å². The number of carbonyl (C=O) groups is 1. The van der Waals surface area contributed by atoms with Gasteiger partial charge in [0.2, 0.25) is 17.8 Å². The zero-order valence-corrected chi connectivity index (χ0v) is 40.5. The average Bonchev–Trinajstić information content (AvgIpc) is 3.90. The molecule has 5 fully saturated rings. The normalized spacial score (nSPS) is 25.8. The molecular weight excluding hydrogens is 975 g/mol. The summed E-state index contributed by atoms with van der Waals surface area (Å²) in [5.41, 5.74) is 12.6. The van der Waals surface area contributed by atoms with E-state index in [1.807, 2.05) is 16.7 Å². The number of nitrogens with one attached hydrogen (secondary N) is 3. The fraction of sp³-hybridized carbons (Fsp3) is 0.651. The highest BCUT2D eigenvalue weighted by Gasteiger charge is 2.52.